The highest BCUT2D eigenvalue weighted by Gasteiger charge is 2.06. The largest absolute Gasteiger partial charge is 0.381 e. The van der Waals surface area contributed by atoms with Gasteiger partial charge in [0.15, 0.2) is 0 Å². The van der Waals surface area contributed by atoms with E-state index in [9.17, 15) is 4.79 Å². The summed E-state index contributed by atoms with van der Waals surface area (Å²) < 4.78 is 5.54. The zero-order valence-electron chi connectivity index (χ0n) is 12.7. The van der Waals surface area contributed by atoms with E-state index in [1.54, 1.807) is 0 Å². The van der Waals surface area contributed by atoms with Crippen LogP contribution in [-0.4, -0.2) is 31.1 Å². The van der Waals surface area contributed by atoms with Gasteiger partial charge in [0.25, 0.3) is 0 Å². The van der Waals surface area contributed by atoms with Crippen LogP contribution in [0.25, 0.3) is 0 Å². The predicted octanol–water partition coefficient (Wildman–Crippen LogP) is 3.32. The number of hydrogen-bond donors (Lipinski definition) is 1. The number of ether oxygens (including phenoxy) is 1. The molecule has 3 heteroatoms. The molecule has 0 radical (unpaired) electrons. The molecular weight excluding hydrogens is 226 g/mol. The van der Waals surface area contributed by atoms with Crippen LogP contribution in [0.2, 0.25) is 0 Å². The molecule has 0 rings (SSSR count). The van der Waals surface area contributed by atoms with Gasteiger partial charge >= 0.3 is 0 Å². The van der Waals surface area contributed by atoms with Gasteiger partial charge in [-0.2, -0.15) is 0 Å². The van der Waals surface area contributed by atoms with Crippen molar-refractivity contribution in [3.05, 3.63) is 0 Å². The molecule has 0 heterocycles. The van der Waals surface area contributed by atoms with Crippen molar-refractivity contribution in [1.29, 1.82) is 0 Å². The van der Waals surface area contributed by atoms with Crippen molar-refractivity contribution in [1.82, 2.24) is 5.32 Å². The molecule has 0 bridgehead atoms. The minimum absolute atomic E-state index is 0.215. The summed E-state index contributed by atoms with van der Waals surface area (Å²) in [6.07, 6.45) is 5.63. The number of ketones is 1. The van der Waals surface area contributed by atoms with Gasteiger partial charge in [-0.05, 0) is 53.0 Å². The van der Waals surface area contributed by atoms with Gasteiger partial charge in [0.05, 0.1) is 0 Å². The fourth-order valence-electron chi connectivity index (χ4n) is 1.60. The Kier molecular flexibility index (Phi) is 10.3. The summed E-state index contributed by atoms with van der Waals surface area (Å²) in [5, 5.41) is 3.46. The van der Waals surface area contributed by atoms with E-state index >= 15 is 0 Å². The fraction of sp³-hybridized carbons (Fsp3) is 0.933. The highest BCUT2D eigenvalue weighted by molar-refractivity contribution is 5.77. The molecule has 108 valence electrons. The Hall–Kier alpha value is -0.410. The maximum atomic E-state index is 11.1. The summed E-state index contributed by atoms with van der Waals surface area (Å²) in [5.74, 6) is 0.364. The zero-order chi connectivity index (χ0) is 13.9. The van der Waals surface area contributed by atoms with Gasteiger partial charge in [-0.1, -0.05) is 6.92 Å². The normalized spacial score (nSPS) is 11.8. The molecule has 0 atom stereocenters. The number of rotatable bonds is 11. The van der Waals surface area contributed by atoms with Crippen molar-refractivity contribution in [3.63, 3.8) is 0 Å². The molecule has 0 saturated carbocycles. The van der Waals surface area contributed by atoms with Crippen molar-refractivity contribution in [2.45, 2.75) is 71.8 Å². The van der Waals surface area contributed by atoms with Gasteiger partial charge in [-0.3, -0.25) is 4.79 Å². The van der Waals surface area contributed by atoms with Crippen molar-refractivity contribution in [2.24, 2.45) is 0 Å². The molecule has 0 amide bonds. The molecule has 0 aromatic heterocycles. The molecule has 0 saturated heterocycles. The van der Waals surface area contributed by atoms with E-state index in [0.29, 0.717) is 12.2 Å². The van der Waals surface area contributed by atoms with Crippen LogP contribution in [0.4, 0.5) is 0 Å². The van der Waals surface area contributed by atoms with Crippen LogP contribution in [0.15, 0.2) is 0 Å². The fourth-order valence-corrected chi connectivity index (χ4v) is 1.60. The Morgan fingerprint density at radius 2 is 1.67 bits per heavy atom. The molecule has 0 aromatic rings. The first-order valence-electron chi connectivity index (χ1n) is 7.30. The Balaban J connectivity index is 3.10. The molecule has 0 aromatic carbocycles. The van der Waals surface area contributed by atoms with E-state index < -0.39 is 0 Å². The maximum absolute atomic E-state index is 11.1. The molecule has 0 aliphatic carbocycles. The summed E-state index contributed by atoms with van der Waals surface area (Å²) in [4.78, 5) is 11.1. The van der Waals surface area contributed by atoms with Crippen molar-refractivity contribution in [3.8, 4) is 0 Å². The second kappa shape index (κ2) is 10.5. The number of hydrogen-bond acceptors (Lipinski definition) is 3. The summed E-state index contributed by atoms with van der Waals surface area (Å²) in [6.45, 7) is 11.2. The van der Waals surface area contributed by atoms with Crippen LogP contribution in [0.3, 0.4) is 0 Å². The third-order valence-electron chi connectivity index (χ3n) is 2.76. The molecule has 0 unspecified atom stereocenters. The first-order chi connectivity index (χ1) is 8.45. The minimum Gasteiger partial charge on any atom is -0.381 e. The van der Waals surface area contributed by atoms with E-state index in [1.165, 1.54) is 0 Å². The summed E-state index contributed by atoms with van der Waals surface area (Å²) in [6, 6.07) is 0. The van der Waals surface area contributed by atoms with E-state index in [1.807, 2.05) is 6.92 Å². The number of Topliss-reactive ketones (excluding diaryl/α,β-unsaturated/α-hetero) is 1. The van der Waals surface area contributed by atoms with Crippen LogP contribution >= 0.6 is 0 Å². The third-order valence-corrected chi connectivity index (χ3v) is 2.76. The molecule has 0 aliphatic rings. The Morgan fingerprint density at radius 3 is 2.22 bits per heavy atom. The van der Waals surface area contributed by atoms with Crippen LogP contribution in [-0.2, 0) is 9.53 Å². The van der Waals surface area contributed by atoms with Crippen molar-refractivity contribution >= 4 is 5.78 Å². The van der Waals surface area contributed by atoms with Gasteiger partial charge in [0.1, 0.15) is 5.78 Å². The molecule has 0 aliphatic heterocycles. The average Bonchev–Trinajstić information content (AvgIpc) is 2.29. The molecular formula is C15H31NO2. The number of carbonyl (C=O) groups is 1. The van der Waals surface area contributed by atoms with E-state index in [-0.39, 0.29) is 5.54 Å². The second-order valence-corrected chi connectivity index (χ2v) is 5.85. The molecule has 3 nitrogen and oxygen atoms in total. The summed E-state index contributed by atoms with van der Waals surface area (Å²) >= 11 is 0. The Morgan fingerprint density at radius 1 is 1.06 bits per heavy atom. The van der Waals surface area contributed by atoms with Crippen LogP contribution < -0.4 is 5.32 Å². The minimum atomic E-state index is 0.215. The quantitative estimate of drug-likeness (QED) is 0.577. The standard InChI is InChI=1S/C15H31NO2/c1-5-14(17)10-6-8-12-18-13-9-7-11-16-15(2,3)4/h16H,5-13H2,1-4H3. The number of nitrogens with one attached hydrogen (secondary N) is 1. The highest BCUT2D eigenvalue weighted by Crippen LogP contribution is 2.01. The van der Waals surface area contributed by atoms with Gasteiger partial charge in [-0.15, -0.1) is 0 Å². The second-order valence-electron chi connectivity index (χ2n) is 5.85. The lowest BCUT2D eigenvalue weighted by Crippen LogP contribution is -2.36. The van der Waals surface area contributed by atoms with Crippen molar-refractivity contribution in [2.75, 3.05) is 19.8 Å². The zero-order valence-corrected chi connectivity index (χ0v) is 12.7. The van der Waals surface area contributed by atoms with Crippen LogP contribution in [0.1, 0.15) is 66.2 Å². The summed E-state index contributed by atoms with van der Waals surface area (Å²) in [7, 11) is 0. The maximum Gasteiger partial charge on any atom is 0.132 e. The van der Waals surface area contributed by atoms with E-state index in [2.05, 4.69) is 26.1 Å². The predicted molar refractivity (Wildman–Crippen MR) is 77.0 cm³/mol. The summed E-state index contributed by atoms with van der Waals surface area (Å²) in [5.41, 5.74) is 0.215. The van der Waals surface area contributed by atoms with Gasteiger partial charge in [0.2, 0.25) is 0 Å². The lowest BCUT2D eigenvalue weighted by atomic mass is 10.1. The lowest BCUT2D eigenvalue weighted by molar-refractivity contribution is -0.118. The van der Waals surface area contributed by atoms with Crippen LogP contribution in [0, 0.1) is 0 Å². The molecule has 18 heavy (non-hydrogen) atoms. The van der Waals surface area contributed by atoms with Crippen molar-refractivity contribution < 1.29 is 9.53 Å². The number of carbonyl (C=O) groups excluding carboxylic acids is 1. The number of unbranched alkanes of at least 4 members (excludes halogenated alkanes) is 2. The lowest BCUT2D eigenvalue weighted by Gasteiger charge is -2.20. The Labute approximate surface area is 113 Å². The first-order valence-corrected chi connectivity index (χ1v) is 7.30. The average molecular weight is 257 g/mol. The van der Waals surface area contributed by atoms with E-state index in [0.717, 1.165) is 51.9 Å². The molecule has 0 fully saturated rings. The topological polar surface area (TPSA) is 38.3 Å². The van der Waals surface area contributed by atoms with Gasteiger partial charge in [-0.25, -0.2) is 0 Å². The van der Waals surface area contributed by atoms with Crippen LogP contribution in [0.5, 0.6) is 0 Å². The third kappa shape index (κ3) is 13.7. The van der Waals surface area contributed by atoms with Gasteiger partial charge < -0.3 is 10.1 Å². The molecule has 0 spiro atoms. The smallest absolute Gasteiger partial charge is 0.132 e. The Bertz CT molecular complexity index is 209. The molecule has 1 N–H and O–H groups in total. The van der Waals surface area contributed by atoms with E-state index in [4.69, 9.17) is 4.74 Å². The SMILES string of the molecule is CCC(=O)CCCCOCCCCNC(C)(C)C. The van der Waals surface area contributed by atoms with Gasteiger partial charge in [0, 0.05) is 31.6 Å². The first kappa shape index (κ1) is 17.6. The highest BCUT2D eigenvalue weighted by atomic mass is 16.5. The monoisotopic (exact) mass is 257 g/mol.